The van der Waals surface area contributed by atoms with E-state index in [-0.39, 0.29) is 18.0 Å². The van der Waals surface area contributed by atoms with Gasteiger partial charge in [-0.1, -0.05) is 29.8 Å². The number of nitrogens with one attached hydrogen (secondary N) is 1. The topological polar surface area (TPSA) is 76.9 Å². The summed E-state index contributed by atoms with van der Waals surface area (Å²) in [6.07, 6.45) is 2.93. The number of halogens is 1. The van der Waals surface area contributed by atoms with Crippen LogP contribution in [0, 0.1) is 0 Å². The minimum absolute atomic E-state index is 0.136. The highest BCUT2D eigenvalue weighted by atomic mass is 35.5. The second-order valence-corrected chi connectivity index (χ2v) is 5.45. The van der Waals surface area contributed by atoms with Crippen LogP contribution in [0.2, 0.25) is 5.02 Å². The zero-order valence-corrected chi connectivity index (χ0v) is 13.3. The lowest BCUT2D eigenvalue weighted by atomic mass is 10.1. The van der Waals surface area contributed by atoms with Crippen LogP contribution in [0.25, 0.3) is 11.3 Å². The van der Waals surface area contributed by atoms with E-state index in [4.69, 9.17) is 11.6 Å². The molecule has 0 spiro atoms. The maximum absolute atomic E-state index is 12.2. The van der Waals surface area contributed by atoms with E-state index in [0.717, 1.165) is 5.56 Å². The predicted molar refractivity (Wildman–Crippen MR) is 91.8 cm³/mol. The third-order valence-electron chi connectivity index (χ3n) is 3.27. The molecule has 2 heterocycles. The standard InChI is InChI=1S/C17H13ClN4O2/c18-13-6-4-12(5-7-13)14-9-17(24)22(11-20-14)10-16(23)21-15-3-1-2-8-19-15/h1-9,11H,10H2,(H,19,21,23). The fraction of sp³-hybridized carbons (Fsp3) is 0.0588. The number of pyridine rings is 1. The summed E-state index contributed by atoms with van der Waals surface area (Å²) in [6, 6.07) is 13.6. The number of hydrogen-bond acceptors (Lipinski definition) is 4. The van der Waals surface area contributed by atoms with Gasteiger partial charge in [0.05, 0.1) is 12.0 Å². The highest BCUT2D eigenvalue weighted by molar-refractivity contribution is 6.30. The zero-order valence-electron chi connectivity index (χ0n) is 12.5. The number of carbonyl (C=O) groups is 1. The van der Waals surface area contributed by atoms with Crippen LogP contribution in [0.1, 0.15) is 0 Å². The van der Waals surface area contributed by atoms with Crippen LogP contribution in [0.4, 0.5) is 5.82 Å². The average Bonchev–Trinajstić information content (AvgIpc) is 2.58. The Morgan fingerprint density at radius 3 is 2.58 bits per heavy atom. The highest BCUT2D eigenvalue weighted by Gasteiger charge is 2.08. The molecule has 1 aromatic carbocycles. The van der Waals surface area contributed by atoms with Crippen molar-refractivity contribution in [2.75, 3.05) is 5.32 Å². The van der Waals surface area contributed by atoms with Gasteiger partial charge in [0, 0.05) is 22.8 Å². The van der Waals surface area contributed by atoms with E-state index < -0.39 is 0 Å². The quantitative estimate of drug-likeness (QED) is 0.792. The molecule has 3 aromatic rings. The van der Waals surface area contributed by atoms with Gasteiger partial charge in [-0.05, 0) is 24.3 Å². The summed E-state index contributed by atoms with van der Waals surface area (Å²) < 4.78 is 1.23. The van der Waals surface area contributed by atoms with Crippen LogP contribution in [0.15, 0.2) is 65.8 Å². The Morgan fingerprint density at radius 2 is 1.92 bits per heavy atom. The predicted octanol–water partition coefficient (Wildman–Crippen LogP) is 2.60. The zero-order chi connectivity index (χ0) is 16.9. The van der Waals surface area contributed by atoms with Crippen molar-refractivity contribution in [1.29, 1.82) is 0 Å². The Bertz CT molecular complexity index is 908. The van der Waals surface area contributed by atoms with Crippen molar-refractivity contribution >= 4 is 23.3 Å². The smallest absolute Gasteiger partial charge is 0.254 e. The molecule has 0 saturated heterocycles. The minimum atomic E-state index is -0.350. The first-order valence-electron chi connectivity index (χ1n) is 7.15. The molecule has 0 aliphatic carbocycles. The summed E-state index contributed by atoms with van der Waals surface area (Å²) in [6.45, 7) is -0.136. The molecule has 120 valence electrons. The lowest BCUT2D eigenvalue weighted by Gasteiger charge is -2.07. The van der Waals surface area contributed by atoms with Crippen LogP contribution in [0.5, 0.6) is 0 Å². The molecule has 6 nitrogen and oxygen atoms in total. The van der Waals surface area contributed by atoms with Gasteiger partial charge in [-0.25, -0.2) is 9.97 Å². The molecule has 24 heavy (non-hydrogen) atoms. The lowest BCUT2D eigenvalue weighted by Crippen LogP contribution is -2.27. The molecule has 0 unspecified atom stereocenters. The number of hydrogen-bond donors (Lipinski definition) is 1. The molecule has 0 aliphatic rings. The van der Waals surface area contributed by atoms with E-state index in [9.17, 15) is 9.59 Å². The SMILES string of the molecule is O=C(Cn1cnc(-c2ccc(Cl)cc2)cc1=O)Nc1ccccn1. The molecular formula is C17H13ClN4O2. The second kappa shape index (κ2) is 7.06. The Kier molecular flexibility index (Phi) is 4.67. The molecule has 0 bridgehead atoms. The number of rotatable bonds is 4. The summed E-state index contributed by atoms with van der Waals surface area (Å²) in [5.74, 6) is 0.0816. The van der Waals surface area contributed by atoms with Gasteiger partial charge >= 0.3 is 0 Å². The molecule has 0 fully saturated rings. The molecule has 0 atom stereocenters. The molecule has 2 aromatic heterocycles. The van der Waals surface area contributed by atoms with E-state index in [2.05, 4.69) is 15.3 Å². The molecule has 0 aliphatic heterocycles. The third kappa shape index (κ3) is 3.85. The molecule has 7 heteroatoms. The lowest BCUT2D eigenvalue weighted by molar-refractivity contribution is -0.116. The molecule has 1 N–H and O–H groups in total. The van der Waals surface area contributed by atoms with Gasteiger partial charge in [0.15, 0.2) is 0 Å². The van der Waals surface area contributed by atoms with Gasteiger partial charge < -0.3 is 5.32 Å². The van der Waals surface area contributed by atoms with Crippen LogP contribution in [-0.2, 0) is 11.3 Å². The maximum Gasteiger partial charge on any atom is 0.254 e. The van der Waals surface area contributed by atoms with E-state index in [1.54, 1.807) is 48.7 Å². The fourth-order valence-corrected chi connectivity index (χ4v) is 2.22. The molecule has 1 amide bonds. The van der Waals surface area contributed by atoms with Crippen LogP contribution in [0.3, 0.4) is 0 Å². The Balaban J connectivity index is 1.74. The summed E-state index contributed by atoms with van der Waals surface area (Å²) in [4.78, 5) is 32.4. The summed E-state index contributed by atoms with van der Waals surface area (Å²) in [5.41, 5.74) is 0.991. The summed E-state index contributed by atoms with van der Waals surface area (Å²) in [5, 5.41) is 3.23. The number of nitrogens with zero attached hydrogens (tertiary/aromatic N) is 3. The average molecular weight is 341 g/mol. The van der Waals surface area contributed by atoms with Crippen molar-refractivity contribution in [3.05, 3.63) is 76.4 Å². The second-order valence-electron chi connectivity index (χ2n) is 5.01. The summed E-state index contributed by atoms with van der Waals surface area (Å²) in [7, 11) is 0. The van der Waals surface area contributed by atoms with Gasteiger partial charge in [0.1, 0.15) is 12.4 Å². The fourth-order valence-electron chi connectivity index (χ4n) is 2.10. The van der Waals surface area contributed by atoms with Crippen molar-refractivity contribution in [3.8, 4) is 11.3 Å². The first-order chi connectivity index (χ1) is 11.6. The first kappa shape index (κ1) is 15.9. The van der Waals surface area contributed by atoms with Gasteiger partial charge in [-0.3, -0.25) is 14.2 Å². The normalized spacial score (nSPS) is 10.4. The molecule has 0 radical (unpaired) electrons. The van der Waals surface area contributed by atoms with Crippen LogP contribution >= 0.6 is 11.6 Å². The number of carbonyl (C=O) groups excluding carboxylic acids is 1. The van der Waals surface area contributed by atoms with Crippen molar-refractivity contribution in [2.24, 2.45) is 0 Å². The number of aromatic nitrogens is 3. The number of benzene rings is 1. The minimum Gasteiger partial charge on any atom is -0.309 e. The number of amides is 1. The summed E-state index contributed by atoms with van der Waals surface area (Å²) >= 11 is 5.84. The Labute approximate surface area is 142 Å². The highest BCUT2D eigenvalue weighted by Crippen LogP contribution is 2.17. The monoisotopic (exact) mass is 340 g/mol. The van der Waals surface area contributed by atoms with Gasteiger partial charge in [0.2, 0.25) is 5.91 Å². The first-order valence-corrected chi connectivity index (χ1v) is 7.53. The Morgan fingerprint density at radius 1 is 1.12 bits per heavy atom. The van der Waals surface area contributed by atoms with E-state index in [1.165, 1.54) is 17.0 Å². The van der Waals surface area contributed by atoms with Crippen molar-refractivity contribution in [2.45, 2.75) is 6.54 Å². The molecular weight excluding hydrogens is 328 g/mol. The molecule has 0 saturated carbocycles. The number of anilines is 1. The maximum atomic E-state index is 12.2. The van der Waals surface area contributed by atoms with Crippen LogP contribution in [-0.4, -0.2) is 20.4 Å². The van der Waals surface area contributed by atoms with E-state index in [1.807, 2.05) is 0 Å². The van der Waals surface area contributed by atoms with Gasteiger partial charge in [0.25, 0.3) is 5.56 Å². The van der Waals surface area contributed by atoms with Gasteiger partial charge in [-0.15, -0.1) is 0 Å². The van der Waals surface area contributed by atoms with Crippen molar-refractivity contribution in [1.82, 2.24) is 14.5 Å². The van der Waals surface area contributed by atoms with E-state index >= 15 is 0 Å². The largest absolute Gasteiger partial charge is 0.309 e. The van der Waals surface area contributed by atoms with E-state index in [0.29, 0.717) is 16.5 Å². The van der Waals surface area contributed by atoms with Gasteiger partial charge in [-0.2, -0.15) is 0 Å². The van der Waals surface area contributed by atoms with Crippen molar-refractivity contribution < 1.29 is 4.79 Å². The third-order valence-corrected chi connectivity index (χ3v) is 3.52. The van der Waals surface area contributed by atoms with Crippen molar-refractivity contribution in [3.63, 3.8) is 0 Å². The molecule has 3 rings (SSSR count). The van der Waals surface area contributed by atoms with Crippen LogP contribution < -0.4 is 10.9 Å². The Hall–Kier alpha value is -2.99.